The average Bonchev–Trinajstić information content (AvgIpc) is 1.84. The van der Waals surface area contributed by atoms with Crippen molar-refractivity contribution in [2.45, 2.75) is 12.2 Å². The third-order valence-electron chi connectivity index (χ3n) is 0.782. The number of hydrogen-bond acceptors (Lipinski definition) is 6. The monoisotopic (exact) mass is 286 g/mol. The Hall–Kier alpha value is -0.381. The van der Waals surface area contributed by atoms with E-state index in [1.54, 1.807) is 0 Å². The minimum absolute atomic E-state index is 0. The molecule has 0 heterocycles. The van der Waals surface area contributed by atoms with Crippen molar-refractivity contribution in [3.05, 3.63) is 0 Å². The summed E-state index contributed by atoms with van der Waals surface area (Å²) in [7, 11) is 0. The van der Waals surface area contributed by atoms with E-state index in [2.05, 4.69) is 0 Å². The zero-order valence-electron chi connectivity index (χ0n) is 5.68. The smallest absolute Gasteiger partial charge is 0.547 e. The number of hydrogen-bond donors (Lipinski definition) is 2. The molecule has 2 unspecified atom stereocenters. The molecule has 0 aliphatic carbocycles. The second-order valence-electron chi connectivity index (χ2n) is 1.53. The molecule has 68 valence electrons. The van der Waals surface area contributed by atoms with Crippen molar-refractivity contribution in [3.8, 4) is 0 Å². The molecule has 0 saturated heterocycles. The number of carbonyl (C=O) groups excluding carboxylic acids is 2. The summed E-state index contributed by atoms with van der Waals surface area (Å²) in [5.41, 5.74) is 0. The Labute approximate surface area is 83.9 Å². The van der Waals surface area contributed by atoms with Crippen LogP contribution >= 0.6 is 0 Å². The molecule has 12 heavy (non-hydrogen) atoms. The van der Waals surface area contributed by atoms with Crippen LogP contribution in [0.25, 0.3) is 0 Å². The van der Waals surface area contributed by atoms with E-state index in [1.807, 2.05) is 0 Å². The third kappa shape index (κ3) is 5.29. The van der Waals surface area contributed by atoms with Crippen LogP contribution in [0, 0.1) is 0 Å². The van der Waals surface area contributed by atoms with Crippen molar-refractivity contribution in [1.82, 2.24) is 0 Å². The van der Waals surface area contributed by atoms with Gasteiger partial charge in [0.25, 0.3) is 0 Å². The fourth-order valence-corrected chi connectivity index (χ4v) is 0.258. The Morgan fingerprint density at radius 3 is 1.25 bits per heavy atom. The topological polar surface area (TPSA) is 152 Å². The van der Waals surface area contributed by atoms with Crippen LogP contribution in [-0.4, -0.2) is 63.7 Å². The van der Waals surface area contributed by atoms with Gasteiger partial charge in [-0.3, -0.25) is 0 Å². The van der Waals surface area contributed by atoms with Gasteiger partial charge in [-0.25, -0.2) is 0 Å². The van der Waals surface area contributed by atoms with E-state index < -0.39 is 24.1 Å². The fraction of sp³-hybridized carbons (Fsp3) is 0.500. The van der Waals surface area contributed by atoms with Gasteiger partial charge in [0.1, 0.15) is 12.2 Å². The van der Waals surface area contributed by atoms with Gasteiger partial charge in [-0.05, 0) is 0 Å². The normalized spacial score (nSPS) is 13.2. The summed E-state index contributed by atoms with van der Waals surface area (Å²) in [6.07, 6.45) is -4.88. The summed E-state index contributed by atoms with van der Waals surface area (Å²) in [4.78, 5) is 19.3. The first kappa shape index (κ1) is 17.6. The van der Waals surface area contributed by atoms with Gasteiger partial charge in [0.2, 0.25) is 0 Å². The molecule has 0 bridgehead atoms. The SMILES string of the molecule is O.O=C([O-])C(O)C(O)C(=O)[O-].[Sn+2]. The molecule has 4 N–H and O–H groups in total. The van der Waals surface area contributed by atoms with E-state index in [4.69, 9.17) is 10.2 Å². The van der Waals surface area contributed by atoms with Crippen LogP contribution in [0.15, 0.2) is 0 Å². The van der Waals surface area contributed by atoms with Gasteiger partial charge in [-0.15, -0.1) is 0 Å². The summed E-state index contributed by atoms with van der Waals surface area (Å²) in [5.74, 6) is -4.12. The second-order valence-corrected chi connectivity index (χ2v) is 1.53. The zero-order chi connectivity index (χ0) is 8.31. The third-order valence-corrected chi connectivity index (χ3v) is 0.782. The largest absolute Gasteiger partial charge is 2.00 e. The van der Waals surface area contributed by atoms with E-state index in [-0.39, 0.29) is 29.4 Å². The van der Waals surface area contributed by atoms with Gasteiger partial charge in [0.05, 0.1) is 11.9 Å². The van der Waals surface area contributed by atoms with Crippen LogP contribution < -0.4 is 10.2 Å². The molecule has 8 heteroatoms. The molecule has 0 aliphatic rings. The molecule has 7 nitrogen and oxygen atoms in total. The van der Waals surface area contributed by atoms with Gasteiger partial charge >= 0.3 is 23.9 Å². The zero-order valence-corrected chi connectivity index (χ0v) is 8.54. The number of rotatable bonds is 3. The van der Waals surface area contributed by atoms with Crippen molar-refractivity contribution < 1.29 is 35.5 Å². The Balaban J connectivity index is -0.000000405. The van der Waals surface area contributed by atoms with Crippen molar-refractivity contribution in [3.63, 3.8) is 0 Å². The molecular formula is C4H6O7Sn. The van der Waals surface area contributed by atoms with Crippen LogP contribution in [0.1, 0.15) is 0 Å². The van der Waals surface area contributed by atoms with E-state index in [9.17, 15) is 19.8 Å². The molecule has 0 rings (SSSR count). The molecule has 0 fully saturated rings. The maximum Gasteiger partial charge on any atom is 2.00 e. The number of aliphatic hydroxyl groups excluding tert-OH is 2. The van der Waals surface area contributed by atoms with Crippen molar-refractivity contribution in [2.75, 3.05) is 0 Å². The van der Waals surface area contributed by atoms with Crippen LogP contribution in [0.2, 0.25) is 0 Å². The van der Waals surface area contributed by atoms with Crippen LogP contribution in [-0.2, 0) is 9.59 Å². The first-order valence-corrected chi connectivity index (χ1v) is 2.24. The summed E-state index contributed by atoms with van der Waals surface area (Å²) >= 11 is 0. The predicted molar refractivity (Wildman–Crippen MR) is 31.4 cm³/mol. The number of aliphatic carboxylic acids is 2. The van der Waals surface area contributed by atoms with Gasteiger partial charge in [0, 0.05) is 0 Å². The maximum absolute atomic E-state index is 9.63. The first-order chi connectivity index (χ1) is 4.46. The summed E-state index contributed by atoms with van der Waals surface area (Å²) in [5, 5.41) is 35.7. The summed E-state index contributed by atoms with van der Waals surface area (Å²) < 4.78 is 0. The molecule has 0 spiro atoms. The molecule has 2 atom stereocenters. The molecule has 0 aromatic heterocycles. The predicted octanol–water partition coefficient (Wildman–Crippen LogP) is -6.00. The minimum Gasteiger partial charge on any atom is -0.547 e. The molecule has 0 aromatic rings. The number of carbonyl (C=O) groups is 2. The Morgan fingerprint density at radius 1 is 1.00 bits per heavy atom. The van der Waals surface area contributed by atoms with Crippen LogP contribution in [0.3, 0.4) is 0 Å². The van der Waals surface area contributed by atoms with Crippen molar-refractivity contribution in [1.29, 1.82) is 0 Å². The second kappa shape index (κ2) is 7.28. The van der Waals surface area contributed by atoms with E-state index in [0.717, 1.165) is 0 Å². The summed E-state index contributed by atoms with van der Waals surface area (Å²) in [6.45, 7) is 0. The Bertz CT molecular complexity index is 139. The molecule has 0 saturated carbocycles. The quantitative estimate of drug-likeness (QED) is 0.492. The first-order valence-electron chi connectivity index (χ1n) is 2.24. The van der Waals surface area contributed by atoms with E-state index in [1.165, 1.54) is 0 Å². The Morgan fingerprint density at radius 2 is 1.17 bits per heavy atom. The summed E-state index contributed by atoms with van der Waals surface area (Å²) in [6, 6.07) is 0. The number of aliphatic hydroxyl groups is 2. The number of carboxylic acids is 2. The number of carboxylic acid groups (broad SMARTS) is 2. The maximum atomic E-state index is 9.63. The average molecular weight is 285 g/mol. The molecular weight excluding hydrogens is 279 g/mol. The van der Waals surface area contributed by atoms with Crippen LogP contribution in [0.4, 0.5) is 0 Å². The van der Waals surface area contributed by atoms with E-state index >= 15 is 0 Å². The molecule has 2 radical (unpaired) electrons. The van der Waals surface area contributed by atoms with Gasteiger partial charge in [-0.2, -0.15) is 0 Å². The van der Waals surface area contributed by atoms with Gasteiger partial charge < -0.3 is 35.5 Å². The van der Waals surface area contributed by atoms with Gasteiger partial charge in [0.15, 0.2) is 0 Å². The van der Waals surface area contributed by atoms with Crippen LogP contribution in [0.5, 0.6) is 0 Å². The molecule has 0 amide bonds. The fourth-order valence-electron chi connectivity index (χ4n) is 0.258. The standard InChI is InChI=1S/C4H6O6.H2O.Sn/c5-1(3(7)8)2(6)4(9)10;;/h1-2,5-6H,(H,7,8)(H,9,10);1H2;/q;;+2/p-2. The minimum atomic E-state index is -2.44. The molecule has 0 aliphatic heterocycles. The Kier molecular flexibility index (Phi) is 10.7. The van der Waals surface area contributed by atoms with E-state index in [0.29, 0.717) is 0 Å². The van der Waals surface area contributed by atoms with Crippen molar-refractivity contribution in [2.24, 2.45) is 0 Å². The molecule has 0 aromatic carbocycles. The van der Waals surface area contributed by atoms with Crippen molar-refractivity contribution >= 4 is 35.8 Å². The van der Waals surface area contributed by atoms with Gasteiger partial charge in [-0.1, -0.05) is 0 Å².